The Bertz CT molecular complexity index is 4810. The number of methoxy groups -OCH3 is 3. The van der Waals surface area contributed by atoms with E-state index in [2.05, 4.69) is 35.9 Å². The van der Waals surface area contributed by atoms with Gasteiger partial charge in [0.1, 0.15) is 65.0 Å². The normalized spacial score (nSPS) is 26.1. The number of amides is 3. The first-order valence-corrected chi connectivity index (χ1v) is 45.9. The molecule has 35 nitrogen and oxygen atoms in total. The van der Waals surface area contributed by atoms with E-state index in [0.29, 0.717) is 199 Å². The summed E-state index contributed by atoms with van der Waals surface area (Å²) in [7, 11) is 4.59. The molecular weight excluding hydrogens is 1680 g/mol. The number of rotatable bonds is 40. The van der Waals surface area contributed by atoms with Crippen LogP contribution in [0.5, 0.6) is 0 Å². The topological polar surface area (TPSA) is 458 Å². The Labute approximate surface area is 760 Å². The Balaban J connectivity index is 0.590. The van der Waals surface area contributed by atoms with Gasteiger partial charge < -0.3 is 93.7 Å². The van der Waals surface area contributed by atoms with Crippen molar-refractivity contribution in [3.8, 4) is 22.5 Å². The molecule has 8 N–H and O–H groups in total. The number of aryl methyl sites for hydroxylation is 1. The predicted octanol–water partition coefficient (Wildman–Crippen LogP) is 9.99. The summed E-state index contributed by atoms with van der Waals surface area (Å²) in [4.78, 5) is 125. The number of ketones is 4. The fourth-order valence-electron chi connectivity index (χ4n) is 17.3. The number of benzene rings is 2. The quantitative estimate of drug-likeness (QED) is 0.00901. The van der Waals surface area contributed by atoms with Gasteiger partial charge in [0, 0.05) is 121 Å². The van der Waals surface area contributed by atoms with Crippen LogP contribution in [0.25, 0.3) is 44.6 Å². The minimum Gasteiger partial charge on any atom is -0.460 e. The molecule has 3 fully saturated rings. The SMILES string of the molecule is CO[C@H]1C[C@@H]2CC[C@@H](C)[C@@](O)(O2)C(=O)C(=O)N2CCCC[C@H]2C(=O)O[C@H]([C@H](C)C[C@@H]2CC[C@H](n3cc(-c4cccc(C(=O)NCCOCCOCCOCCC(=O)CCCOCCOCCOCCC(=O)NCCCCn5nc(-c6ccc7oc(N)nc7c6)c6c(N)ncnc65)c4)nn3)[C@H](OC)C2)CC(=O)[C@H](C)/C=C(\C)[C@@H](O)[C@@H](OC)C(=O)[C@H](C)C[C@H](C)/C=C/C=C/C=C/1C. The molecule has 0 spiro atoms. The summed E-state index contributed by atoms with van der Waals surface area (Å²) in [5, 5.41) is 44.3. The number of hydrogen-bond donors (Lipinski definition) is 6. The van der Waals surface area contributed by atoms with E-state index in [4.69, 9.17) is 73.1 Å². The van der Waals surface area contributed by atoms with Crippen molar-refractivity contribution in [3.63, 3.8) is 0 Å². The summed E-state index contributed by atoms with van der Waals surface area (Å²) in [6, 6.07) is 11.2. The molecule has 6 aromatic rings. The van der Waals surface area contributed by atoms with Gasteiger partial charge in [-0.15, -0.1) is 5.10 Å². The summed E-state index contributed by atoms with van der Waals surface area (Å²) in [6.07, 6.45) is 17.3. The number of ether oxygens (including phenoxy) is 11. The van der Waals surface area contributed by atoms with Crippen LogP contribution >= 0.6 is 0 Å². The Morgan fingerprint density at radius 2 is 1.45 bits per heavy atom. The number of carbonyl (C=O) groups is 8. The predicted molar refractivity (Wildman–Crippen MR) is 484 cm³/mol. The van der Waals surface area contributed by atoms with E-state index in [1.807, 2.05) is 82.5 Å². The lowest BCUT2D eigenvalue weighted by atomic mass is 9.77. The third-order valence-corrected chi connectivity index (χ3v) is 24.9. The number of nitrogens with zero attached hydrogens (tertiary/aromatic N) is 9. The highest BCUT2D eigenvalue weighted by molar-refractivity contribution is 6.39. The first-order valence-electron chi connectivity index (χ1n) is 45.9. The number of nitrogens with two attached hydrogens (primary N) is 2. The van der Waals surface area contributed by atoms with Crippen LogP contribution in [0.1, 0.15) is 180 Å². The second-order valence-corrected chi connectivity index (χ2v) is 34.6. The molecule has 10 rings (SSSR count). The van der Waals surface area contributed by atoms with Crippen molar-refractivity contribution in [2.24, 2.45) is 35.5 Å². The van der Waals surface area contributed by atoms with Crippen molar-refractivity contribution < 1.29 is 105 Å². The third kappa shape index (κ3) is 29.6. The zero-order valence-electron chi connectivity index (χ0n) is 77.0. The number of aliphatic hydroxyl groups excluding tert-OH is 1. The van der Waals surface area contributed by atoms with Crippen molar-refractivity contribution in [2.75, 3.05) is 132 Å². The Morgan fingerprint density at radius 3 is 2.19 bits per heavy atom. The van der Waals surface area contributed by atoms with Crippen molar-refractivity contribution in [3.05, 3.63) is 108 Å². The van der Waals surface area contributed by atoms with Gasteiger partial charge in [-0.1, -0.05) is 88.4 Å². The number of nitrogens with one attached hydrogen (secondary N) is 2. The summed E-state index contributed by atoms with van der Waals surface area (Å²) in [5.74, 6) is -8.57. The number of cyclic esters (lactones) is 1. The number of hydrogen-bond acceptors (Lipinski definition) is 30. The van der Waals surface area contributed by atoms with E-state index in [-0.39, 0.29) is 124 Å². The van der Waals surface area contributed by atoms with Gasteiger partial charge in [0.05, 0.1) is 109 Å². The smallest absolute Gasteiger partial charge is 0.329 e. The fraction of sp³-hybridized carbons (Fsp3) is 0.621. The van der Waals surface area contributed by atoms with E-state index in [9.17, 15) is 48.6 Å². The van der Waals surface area contributed by atoms with Gasteiger partial charge in [-0.2, -0.15) is 10.1 Å². The molecule has 3 aliphatic heterocycles. The number of fused-ring (bicyclic) bond motifs is 5. The molecule has 35 heteroatoms. The maximum Gasteiger partial charge on any atom is 0.329 e. The molecule has 4 aliphatic rings. The van der Waals surface area contributed by atoms with Gasteiger partial charge >= 0.3 is 5.97 Å². The van der Waals surface area contributed by atoms with Crippen LogP contribution in [-0.4, -0.2) is 270 Å². The highest BCUT2D eigenvalue weighted by Gasteiger charge is 2.53. The molecule has 2 bridgehead atoms. The van der Waals surface area contributed by atoms with Crippen molar-refractivity contribution in [1.29, 1.82) is 0 Å². The van der Waals surface area contributed by atoms with Crippen LogP contribution in [0.4, 0.5) is 11.8 Å². The number of allylic oxidation sites excluding steroid dienone is 6. The highest BCUT2D eigenvalue weighted by Crippen LogP contribution is 2.41. The zero-order valence-corrected chi connectivity index (χ0v) is 77.0. The number of oxazole rings is 1. The Hall–Kier alpha value is -9.76. The average molecular weight is 1810 g/mol. The first kappa shape index (κ1) is 102. The number of esters is 1. The third-order valence-electron chi connectivity index (χ3n) is 24.9. The molecule has 1 saturated carbocycles. The van der Waals surface area contributed by atoms with Gasteiger partial charge in [0.25, 0.3) is 23.6 Å². The van der Waals surface area contributed by atoms with Crippen LogP contribution in [0, 0.1) is 35.5 Å². The van der Waals surface area contributed by atoms with E-state index in [1.165, 1.54) is 18.3 Å². The molecule has 130 heavy (non-hydrogen) atoms. The van der Waals surface area contributed by atoms with E-state index in [0.717, 1.165) is 24.0 Å². The summed E-state index contributed by atoms with van der Waals surface area (Å²) in [5.41, 5.74) is 18.1. The molecule has 7 heterocycles. The lowest BCUT2D eigenvalue weighted by Crippen LogP contribution is -2.61. The van der Waals surface area contributed by atoms with E-state index >= 15 is 0 Å². The minimum atomic E-state index is -2.49. The maximum absolute atomic E-state index is 14.9. The number of aliphatic hydroxyl groups is 2. The van der Waals surface area contributed by atoms with Gasteiger partial charge in [-0.05, 0) is 157 Å². The largest absolute Gasteiger partial charge is 0.460 e. The van der Waals surface area contributed by atoms with Crippen LogP contribution in [0.2, 0.25) is 0 Å². The van der Waals surface area contributed by atoms with Crippen molar-refractivity contribution in [1.82, 2.24) is 55.3 Å². The number of piperidine rings is 1. The summed E-state index contributed by atoms with van der Waals surface area (Å²) in [6.45, 7) is 17.9. The second kappa shape index (κ2) is 51.9. The molecule has 3 amide bonds. The number of aromatic nitrogens is 8. The van der Waals surface area contributed by atoms with Crippen molar-refractivity contribution >= 4 is 80.8 Å². The van der Waals surface area contributed by atoms with Crippen LogP contribution < -0.4 is 22.1 Å². The lowest BCUT2D eigenvalue weighted by Gasteiger charge is -2.42. The average Bonchev–Trinajstić information content (AvgIpc) is 1.51. The molecule has 0 radical (unpaired) electrons. The van der Waals surface area contributed by atoms with Gasteiger partial charge in [-0.25, -0.2) is 24.1 Å². The number of Topliss-reactive ketones (excluding diaryl/α,β-unsaturated/α-hetero) is 4. The monoisotopic (exact) mass is 1810 g/mol. The molecule has 1 aliphatic carbocycles. The van der Waals surface area contributed by atoms with Crippen LogP contribution in [-0.2, 0) is 92.2 Å². The lowest BCUT2D eigenvalue weighted by molar-refractivity contribution is -0.265. The van der Waals surface area contributed by atoms with Crippen LogP contribution in [0.3, 0.4) is 0 Å². The Morgan fingerprint density at radius 1 is 0.723 bits per heavy atom. The van der Waals surface area contributed by atoms with E-state index in [1.54, 1.807) is 74.7 Å². The standard InChI is InChI=1S/C95H135N13O22/c1-60-20-12-11-13-21-61(2)79(119-8)56-72-29-26-66(7)95(118,130-72)88(114)92(116)106-36-16-14-25-76(106)93(117)128-80(57-77(110)62(3)51-65(6)86(113)87(121-10)85(112)64(5)50-60)63(4)52-67-27-30-75(81(53-67)120-9)108-58-74(103-105-108)68-22-18-23-70(54-68)91(115)99-35-41-125-45-49-127-47-43-123-39-32-71(109)24-19-38-122-42-46-126-48-44-124-40-33-82(111)98-34-15-17-37-107-90-83(89(96)100-59-101-90)84(104-107)69-28-31-78-73(55-69)102-94(97)129-78/h11-13,18,20-23,28,31,51,54-55,58-60,62-64,66-67,72,75-76,79-81,86-87,113,118H,14-17,19,24-27,29-30,32-50,52-53,56-57H2,1-10H3,(H2,97,102)(H,98,111)(H,99,115)(H2,96,100,101)/b13-11+,20-12+,61-21+,65-51+/t60-,62-,63-,64-,66-,67+,72+,75+,76+,79+,80+,81-,86-,87+,95-/m1/s1. The maximum atomic E-state index is 14.9. The van der Waals surface area contributed by atoms with Gasteiger partial charge in [0.15, 0.2) is 17.0 Å². The number of carbonyl (C=O) groups excluding carboxylic acids is 8. The molecule has 15 atom stereocenters. The minimum absolute atomic E-state index is 0.0207. The molecule has 2 saturated heterocycles. The summed E-state index contributed by atoms with van der Waals surface area (Å²) >= 11 is 0. The fourth-order valence-corrected chi connectivity index (χ4v) is 17.3. The number of nitrogen functional groups attached to an aromatic ring is 2. The van der Waals surface area contributed by atoms with E-state index < -0.39 is 83.7 Å². The zero-order chi connectivity index (χ0) is 93.2. The second-order valence-electron chi connectivity index (χ2n) is 34.6. The highest BCUT2D eigenvalue weighted by atomic mass is 16.6. The van der Waals surface area contributed by atoms with Crippen molar-refractivity contribution in [2.45, 2.75) is 225 Å². The molecular formula is C95H135N13O22. The molecule has 0 unspecified atom stereocenters. The Kier molecular flexibility index (Phi) is 40.9. The molecule has 712 valence electrons. The molecule has 2 aromatic carbocycles. The number of anilines is 2. The summed E-state index contributed by atoms with van der Waals surface area (Å²) < 4.78 is 73.2. The van der Waals surface area contributed by atoms with Gasteiger partial charge in [-0.3, -0.25) is 33.6 Å². The first-order chi connectivity index (χ1) is 62.7. The number of unbranched alkanes of at least 4 members (excludes halogenated alkanes) is 1. The van der Waals surface area contributed by atoms with Gasteiger partial charge in [0.2, 0.25) is 11.7 Å². The van der Waals surface area contributed by atoms with Crippen LogP contribution in [0.15, 0.2) is 107 Å². The molecule has 4 aromatic heterocycles.